The molecule has 4 rings (SSSR count). The Kier molecular flexibility index (Phi) is 31.0. The van der Waals surface area contributed by atoms with Gasteiger partial charge in [0, 0.05) is 55.5 Å². The van der Waals surface area contributed by atoms with Gasteiger partial charge in [0.25, 0.3) is 23.6 Å². The number of amides is 8. The number of carboxylic acids is 1. The van der Waals surface area contributed by atoms with Crippen molar-refractivity contribution in [2.45, 2.75) is 88.4 Å². The maximum atomic E-state index is 14.4. The van der Waals surface area contributed by atoms with Crippen LogP contribution in [0.1, 0.15) is 106 Å². The number of methoxy groups -OCH3 is 4. The van der Waals surface area contributed by atoms with E-state index in [0.29, 0.717) is 25.8 Å². The standard InChI is InChI=1S/C60H85N21O14/c1-92-44-18-15-33(28-36(44)49(84)70-27-22-48(82)83)76-54(89)41(11-7-24-72-58(64)65)80-51(86)38-30-35(17-20-46(38)94-3)78-56(91)43(13-9-26-74-60(68)69)81-52(87)39-31-34(16-21-47(39)95-4)77-55(90)42(12-8-25-73-59(66)67)79-50(85)37-29-32(14-19-45(37)93-2)75-53(88)40(61)10-5-6-23-71-57(62)63/h14-21,28-31,40-43H,5-13,22-27,61H2,1-4H3,(H,70,84)(H,75,88)(H,76,89)(H,77,90)(H,78,91)(H,79,85)(H,80,86)(H,81,87)(H,82,83)(H4,62,63,71)(H4,64,65,72)(H4,66,67,73)(H4,68,69,74)/t40-,41-,42-,43-/m0/s1. The lowest BCUT2D eigenvalue weighted by Crippen LogP contribution is -2.45. The van der Waals surface area contributed by atoms with Crippen LogP contribution in [-0.2, 0) is 24.0 Å². The molecule has 514 valence electrons. The Labute approximate surface area is 546 Å². The van der Waals surface area contributed by atoms with Crippen LogP contribution >= 0.6 is 0 Å². The molecule has 35 nitrogen and oxygen atoms in total. The molecule has 0 fully saturated rings. The molecule has 8 amide bonds. The molecule has 0 aliphatic carbocycles. The molecule has 4 aromatic rings. The van der Waals surface area contributed by atoms with E-state index in [0.717, 1.165) is 0 Å². The van der Waals surface area contributed by atoms with Gasteiger partial charge in [0.2, 0.25) is 23.6 Å². The highest BCUT2D eigenvalue weighted by Gasteiger charge is 2.29. The number of carbonyl (C=O) groups is 9. The fraction of sp³-hybridized carbons (Fsp3) is 0.383. The smallest absolute Gasteiger partial charge is 0.305 e. The number of guanidine groups is 4. The normalized spacial score (nSPS) is 11.8. The Morgan fingerprint density at radius 1 is 0.389 bits per heavy atom. The Hall–Kier alpha value is -11.7. The van der Waals surface area contributed by atoms with Crippen molar-refractivity contribution in [1.82, 2.24) is 42.5 Å². The van der Waals surface area contributed by atoms with E-state index < -0.39 is 77.4 Å². The topological polar surface area (TPSA) is 581 Å². The molecule has 0 aliphatic heterocycles. The summed E-state index contributed by atoms with van der Waals surface area (Å²) in [6.07, 6.45) is 1.60. The minimum atomic E-state index is -1.35. The van der Waals surface area contributed by atoms with Crippen LogP contribution in [-0.4, -0.2) is 168 Å². The van der Waals surface area contributed by atoms with Crippen molar-refractivity contribution in [1.29, 1.82) is 21.6 Å². The molecule has 4 atom stereocenters. The van der Waals surface area contributed by atoms with E-state index in [1.165, 1.54) is 101 Å². The molecule has 0 radical (unpaired) electrons. The van der Waals surface area contributed by atoms with E-state index in [-0.39, 0.29) is 163 Å². The average Bonchev–Trinajstić information content (AvgIpc) is 0.870. The van der Waals surface area contributed by atoms with Crippen LogP contribution in [0.5, 0.6) is 23.0 Å². The molecule has 0 heterocycles. The lowest BCUT2D eigenvalue weighted by atomic mass is 10.1. The zero-order valence-corrected chi connectivity index (χ0v) is 53.0. The third-order valence-corrected chi connectivity index (χ3v) is 13.9. The highest BCUT2D eigenvalue weighted by molar-refractivity contribution is 6.08. The largest absolute Gasteiger partial charge is 0.496 e. The minimum absolute atomic E-state index is 0.0116. The quantitative estimate of drug-likeness (QED) is 0.0157. The molecule has 95 heavy (non-hydrogen) atoms. The Morgan fingerprint density at radius 3 is 0.958 bits per heavy atom. The van der Waals surface area contributed by atoms with Gasteiger partial charge in [-0.1, -0.05) is 0 Å². The van der Waals surface area contributed by atoms with Crippen molar-refractivity contribution in [2.24, 2.45) is 28.7 Å². The van der Waals surface area contributed by atoms with Crippen LogP contribution in [0.2, 0.25) is 0 Å². The van der Waals surface area contributed by atoms with Gasteiger partial charge in [0.1, 0.15) is 41.1 Å². The summed E-state index contributed by atoms with van der Waals surface area (Å²) in [7, 11) is 5.22. The third-order valence-electron chi connectivity index (χ3n) is 13.9. The minimum Gasteiger partial charge on any atom is -0.496 e. The fourth-order valence-corrected chi connectivity index (χ4v) is 9.10. The van der Waals surface area contributed by atoms with Crippen molar-refractivity contribution in [3.8, 4) is 23.0 Å². The van der Waals surface area contributed by atoms with E-state index in [4.69, 9.17) is 74.4 Å². The second-order valence-electron chi connectivity index (χ2n) is 21.0. The number of hydrogen-bond acceptors (Lipinski definition) is 18. The summed E-state index contributed by atoms with van der Waals surface area (Å²) in [4.78, 5) is 123. The number of benzene rings is 4. The Bertz CT molecular complexity index is 3420. The van der Waals surface area contributed by atoms with Crippen molar-refractivity contribution in [3.63, 3.8) is 0 Å². The summed E-state index contributed by atoms with van der Waals surface area (Å²) in [6.45, 7) is 0.609. The molecular weight excluding hydrogens is 1240 g/mol. The summed E-state index contributed by atoms with van der Waals surface area (Å²) < 4.78 is 21.8. The molecule has 0 aromatic heterocycles. The van der Waals surface area contributed by atoms with Crippen LogP contribution in [0, 0.1) is 21.6 Å². The lowest BCUT2D eigenvalue weighted by Gasteiger charge is -2.22. The number of hydrogen-bond donors (Lipinski definition) is 22. The summed E-state index contributed by atoms with van der Waals surface area (Å²) in [5, 5.41) is 71.1. The van der Waals surface area contributed by atoms with Crippen LogP contribution in [0.3, 0.4) is 0 Å². The summed E-state index contributed by atoms with van der Waals surface area (Å²) in [5.74, 6) is -8.06. The number of unbranched alkanes of at least 4 members (excludes halogenated alkanes) is 1. The van der Waals surface area contributed by atoms with Crippen LogP contribution in [0.4, 0.5) is 22.7 Å². The van der Waals surface area contributed by atoms with Gasteiger partial charge >= 0.3 is 5.97 Å². The first-order chi connectivity index (χ1) is 45.3. The van der Waals surface area contributed by atoms with Crippen molar-refractivity contribution < 1.29 is 67.2 Å². The molecule has 27 N–H and O–H groups in total. The van der Waals surface area contributed by atoms with Gasteiger partial charge in [-0.3, -0.25) is 64.8 Å². The first-order valence-corrected chi connectivity index (χ1v) is 29.7. The van der Waals surface area contributed by atoms with E-state index >= 15 is 0 Å². The number of ether oxygens (including phenoxy) is 4. The fourth-order valence-electron chi connectivity index (χ4n) is 9.10. The van der Waals surface area contributed by atoms with E-state index in [2.05, 4.69) is 63.8 Å². The van der Waals surface area contributed by atoms with Gasteiger partial charge in [-0.25, -0.2) is 0 Å². The highest BCUT2D eigenvalue weighted by Crippen LogP contribution is 2.28. The average molecular weight is 1320 g/mol. The zero-order valence-electron chi connectivity index (χ0n) is 53.0. The van der Waals surface area contributed by atoms with Gasteiger partial charge in [0.15, 0.2) is 23.8 Å². The zero-order chi connectivity index (χ0) is 70.1. The molecule has 0 aliphatic rings. The van der Waals surface area contributed by atoms with Gasteiger partial charge in [-0.15, -0.1) is 0 Å². The Morgan fingerprint density at radius 2 is 0.674 bits per heavy atom. The van der Waals surface area contributed by atoms with E-state index in [9.17, 15) is 43.2 Å². The molecule has 0 unspecified atom stereocenters. The lowest BCUT2D eigenvalue weighted by molar-refractivity contribution is -0.137. The number of aliphatic carboxylic acids is 1. The van der Waals surface area contributed by atoms with Gasteiger partial charge < -0.3 is 117 Å². The van der Waals surface area contributed by atoms with Gasteiger partial charge in [-0.2, -0.15) is 0 Å². The highest BCUT2D eigenvalue weighted by atomic mass is 16.5. The first-order valence-electron chi connectivity index (χ1n) is 29.7. The van der Waals surface area contributed by atoms with Crippen molar-refractivity contribution in [2.75, 3.05) is 82.4 Å². The van der Waals surface area contributed by atoms with Crippen molar-refractivity contribution in [3.05, 3.63) is 95.1 Å². The van der Waals surface area contributed by atoms with E-state index in [1.807, 2.05) is 0 Å². The second kappa shape index (κ2) is 38.9. The van der Waals surface area contributed by atoms with Crippen LogP contribution in [0.25, 0.3) is 0 Å². The molecule has 0 saturated carbocycles. The number of nitrogens with one attached hydrogen (secondary N) is 16. The molecule has 0 saturated heterocycles. The number of carboxylic acid groups (broad SMARTS) is 1. The molecule has 35 heteroatoms. The number of nitrogens with two attached hydrogens (primary N) is 5. The number of rotatable bonds is 39. The maximum absolute atomic E-state index is 14.4. The SMILES string of the molecule is COc1ccc(NC(=O)[C@H](CCCNC(=N)N)NC(=O)c2cc(NC(=O)[C@H](CCCNC(=N)N)NC(=O)c3cc(NC(=O)[C@H](CCCNC(=N)N)NC(=O)c4cc(NC(=O)[C@@H](N)CCCCNC(=N)N)ccc4OC)ccc3OC)ccc2OC)cc1C(=O)NCCC(=O)O. The predicted octanol–water partition coefficient (Wildman–Crippen LogP) is -0.154. The molecular formula is C60H85N21O14. The number of anilines is 4. The summed E-state index contributed by atoms with van der Waals surface area (Å²) >= 11 is 0. The molecule has 0 spiro atoms. The third kappa shape index (κ3) is 25.9. The van der Waals surface area contributed by atoms with Crippen molar-refractivity contribution >= 4 is 99.8 Å². The maximum Gasteiger partial charge on any atom is 0.305 e. The summed E-state index contributed by atoms with van der Waals surface area (Å²) in [6, 6.07) is 11.8. The van der Waals surface area contributed by atoms with Crippen LogP contribution < -0.4 is 111 Å². The van der Waals surface area contributed by atoms with Gasteiger partial charge in [-0.05, 0) is 131 Å². The van der Waals surface area contributed by atoms with Gasteiger partial charge in [0.05, 0.1) is 63.2 Å². The monoisotopic (exact) mass is 1320 g/mol. The molecule has 0 bridgehead atoms. The molecule has 4 aromatic carbocycles. The van der Waals surface area contributed by atoms with E-state index in [1.54, 1.807) is 0 Å². The first kappa shape index (κ1) is 75.8. The number of carbonyl (C=O) groups excluding carboxylic acids is 8. The predicted molar refractivity (Wildman–Crippen MR) is 354 cm³/mol. The Balaban J connectivity index is 1.59. The second-order valence-corrected chi connectivity index (χ2v) is 21.0. The summed E-state index contributed by atoms with van der Waals surface area (Å²) in [5.41, 5.74) is 27.9. The van der Waals surface area contributed by atoms with Crippen LogP contribution in [0.15, 0.2) is 72.8 Å².